The summed E-state index contributed by atoms with van der Waals surface area (Å²) in [4.78, 5) is 36.7. The fourth-order valence-corrected chi connectivity index (χ4v) is 7.91. The normalized spacial score (nSPS) is 18.8. The van der Waals surface area contributed by atoms with E-state index in [-0.39, 0.29) is 55.6 Å². The van der Waals surface area contributed by atoms with Crippen molar-refractivity contribution >= 4 is 17.7 Å². The van der Waals surface area contributed by atoms with Crippen molar-refractivity contribution in [2.75, 3.05) is 13.2 Å². The molecule has 1 saturated carbocycles. The Morgan fingerprint density at radius 1 is 0.643 bits per heavy atom. The molecule has 0 aromatic rings. The summed E-state index contributed by atoms with van der Waals surface area (Å²) in [7, 11) is 0. The largest absolute Gasteiger partial charge is 0.463 e. The van der Waals surface area contributed by atoms with Crippen molar-refractivity contribution in [3.05, 3.63) is 12.2 Å². The summed E-state index contributed by atoms with van der Waals surface area (Å²) < 4.78 is 10.4. The summed E-state index contributed by atoms with van der Waals surface area (Å²) in [5.74, 6) is -0.235. The van der Waals surface area contributed by atoms with Crippen LogP contribution in [0.4, 0.5) is 0 Å². The first-order valence-electron chi connectivity index (χ1n) is 23.7. The maximum Gasteiger partial charge on any atom is 0.305 e. The minimum atomic E-state index is -1.04. The molecule has 0 aromatic carbocycles. The summed E-state index contributed by atoms with van der Waals surface area (Å²) in [6, 6.07) is 0. The highest BCUT2D eigenvalue weighted by molar-refractivity contribution is 5.86. The Hall–Kier alpha value is -1.77. The van der Waals surface area contributed by atoms with E-state index in [1.165, 1.54) is 109 Å². The van der Waals surface area contributed by atoms with E-state index in [1.54, 1.807) is 12.2 Å². The lowest BCUT2D eigenvalue weighted by atomic mass is 9.88. The molecule has 0 amide bonds. The monoisotopic (exact) mass is 793 g/mol. The standard InChI is InChI=1S/C48H88O8/c1-4-6-25-31-41(49)35-36-44-43(45(51)37-46(44)52)32-27-23-24-29-34-48(54)56-39-42(50)38-55-47(53)33-28-22-20-18-16-14-12-10-8-7-9-11-13-15-17-19-21-26-30-40(3)5-2/h35-36,40-45,49-51H,4-34,37-39H2,1-3H3/b36-35+/t40?,41-,42-,43+,44+,45-/m0/s1. The van der Waals surface area contributed by atoms with Gasteiger partial charge < -0.3 is 24.8 Å². The zero-order valence-corrected chi connectivity index (χ0v) is 36.5. The number of unbranched alkanes of at least 4 members (excludes halogenated alkanes) is 22. The Labute approximate surface area is 343 Å². The van der Waals surface area contributed by atoms with Gasteiger partial charge in [-0.25, -0.2) is 0 Å². The van der Waals surface area contributed by atoms with Crippen LogP contribution in [-0.2, 0) is 23.9 Å². The highest BCUT2D eigenvalue weighted by Gasteiger charge is 2.39. The van der Waals surface area contributed by atoms with Crippen molar-refractivity contribution in [3.8, 4) is 0 Å². The quantitative estimate of drug-likeness (QED) is 0.0319. The van der Waals surface area contributed by atoms with Gasteiger partial charge in [0.15, 0.2) is 0 Å². The van der Waals surface area contributed by atoms with Gasteiger partial charge in [-0.2, -0.15) is 0 Å². The van der Waals surface area contributed by atoms with Crippen molar-refractivity contribution in [2.45, 2.75) is 245 Å². The third-order valence-electron chi connectivity index (χ3n) is 11.9. The van der Waals surface area contributed by atoms with Gasteiger partial charge in [0.05, 0.1) is 12.2 Å². The van der Waals surface area contributed by atoms with E-state index in [4.69, 9.17) is 9.47 Å². The molecule has 0 saturated heterocycles. The van der Waals surface area contributed by atoms with E-state index in [9.17, 15) is 29.7 Å². The van der Waals surface area contributed by atoms with Crippen LogP contribution in [0.2, 0.25) is 0 Å². The summed E-state index contributed by atoms with van der Waals surface area (Å²) in [5, 5.41) is 30.7. The SMILES string of the molecule is CCCCC[C@H](O)/C=C/[C@H]1C(=O)C[C@H](O)[C@@H]1CCCCCCC(=O)OC[C@@H](O)COC(=O)CCCCCCCCCCCCCCCCCCCCC(C)CC. The maximum absolute atomic E-state index is 12.4. The molecule has 0 spiro atoms. The van der Waals surface area contributed by atoms with Crippen LogP contribution in [0.3, 0.4) is 0 Å². The number of aliphatic hydroxyl groups is 3. The summed E-state index contributed by atoms with van der Waals surface area (Å²) >= 11 is 0. The molecular weight excluding hydrogens is 705 g/mol. The number of hydrogen-bond acceptors (Lipinski definition) is 8. The van der Waals surface area contributed by atoms with Crippen molar-refractivity contribution in [3.63, 3.8) is 0 Å². The molecule has 1 fully saturated rings. The number of rotatable bonds is 39. The Bertz CT molecular complexity index is 982. The molecule has 0 radical (unpaired) electrons. The number of hydrogen-bond donors (Lipinski definition) is 3. The van der Waals surface area contributed by atoms with E-state index in [0.717, 1.165) is 70.1 Å². The van der Waals surface area contributed by atoms with Crippen LogP contribution in [0.15, 0.2) is 12.2 Å². The van der Waals surface area contributed by atoms with Crippen LogP contribution in [-0.4, -0.2) is 64.6 Å². The molecule has 328 valence electrons. The highest BCUT2D eigenvalue weighted by Crippen LogP contribution is 2.34. The molecule has 3 N–H and O–H groups in total. The molecule has 56 heavy (non-hydrogen) atoms. The van der Waals surface area contributed by atoms with Crippen molar-refractivity contribution in [1.29, 1.82) is 0 Å². The smallest absolute Gasteiger partial charge is 0.305 e. The van der Waals surface area contributed by atoms with Gasteiger partial charge in [0.1, 0.15) is 25.1 Å². The molecule has 0 aromatic heterocycles. The van der Waals surface area contributed by atoms with Gasteiger partial charge in [-0.15, -0.1) is 0 Å². The van der Waals surface area contributed by atoms with Crippen LogP contribution in [0.1, 0.15) is 226 Å². The number of allylic oxidation sites excluding steroid dienone is 1. The molecule has 8 nitrogen and oxygen atoms in total. The molecule has 8 heteroatoms. The zero-order valence-electron chi connectivity index (χ0n) is 36.5. The second kappa shape index (κ2) is 36.3. The van der Waals surface area contributed by atoms with Gasteiger partial charge in [0.25, 0.3) is 0 Å². The second-order valence-corrected chi connectivity index (χ2v) is 17.3. The van der Waals surface area contributed by atoms with Gasteiger partial charge in [-0.1, -0.05) is 193 Å². The summed E-state index contributed by atoms with van der Waals surface area (Å²) in [6.07, 6.45) is 36.1. The Kier molecular flexibility index (Phi) is 33.9. The van der Waals surface area contributed by atoms with Gasteiger partial charge in [-0.3, -0.25) is 14.4 Å². The lowest BCUT2D eigenvalue weighted by molar-refractivity contribution is -0.152. The number of esters is 2. The van der Waals surface area contributed by atoms with Gasteiger partial charge >= 0.3 is 11.9 Å². The van der Waals surface area contributed by atoms with E-state index >= 15 is 0 Å². The van der Waals surface area contributed by atoms with Crippen molar-refractivity contribution in [2.24, 2.45) is 17.8 Å². The molecule has 1 unspecified atom stereocenters. The molecule has 6 atom stereocenters. The lowest BCUT2D eigenvalue weighted by Crippen LogP contribution is -2.25. The number of aliphatic hydroxyl groups excluding tert-OH is 3. The average Bonchev–Trinajstić information content (AvgIpc) is 3.46. The molecule has 0 aliphatic heterocycles. The van der Waals surface area contributed by atoms with Crippen molar-refractivity contribution < 1.29 is 39.2 Å². The first kappa shape index (κ1) is 52.2. The topological polar surface area (TPSA) is 130 Å². The Balaban J connectivity index is 1.92. The fraction of sp³-hybridized carbons (Fsp3) is 0.896. The van der Waals surface area contributed by atoms with Gasteiger partial charge in [0.2, 0.25) is 0 Å². The first-order chi connectivity index (χ1) is 27.2. The molecule has 1 rings (SSSR count). The van der Waals surface area contributed by atoms with Crippen LogP contribution in [0, 0.1) is 17.8 Å². The molecule has 0 bridgehead atoms. The summed E-state index contributed by atoms with van der Waals surface area (Å²) in [6.45, 7) is 6.43. The second-order valence-electron chi connectivity index (χ2n) is 17.3. The minimum absolute atomic E-state index is 0.0373. The van der Waals surface area contributed by atoms with Crippen LogP contribution in [0.25, 0.3) is 0 Å². The fourth-order valence-electron chi connectivity index (χ4n) is 7.91. The zero-order chi connectivity index (χ0) is 41.1. The van der Waals surface area contributed by atoms with E-state index in [2.05, 4.69) is 20.8 Å². The number of carbonyl (C=O) groups is 3. The third kappa shape index (κ3) is 29.4. The Morgan fingerprint density at radius 2 is 1.07 bits per heavy atom. The summed E-state index contributed by atoms with van der Waals surface area (Å²) in [5.41, 5.74) is 0. The van der Waals surface area contributed by atoms with Gasteiger partial charge in [0, 0.05) is 25.2 Å². The first-order valence-corrected chi connectivity index (χ1v) is 23.7. The Morgan fingerprint density at radius 3 is 1.54 bits per heavy atom. The molecular formula is C48H88O8. The number of carbonyl (C=O) groups excluding carboxylic acids is 3. The minimum Gasteiger partial charge on any atom is -0.463 e. The van der Waals surface area contributed by atoms with E-state index in [0.29, 0.717) is 19.3 Å². The van der Waals surface area contributed by atoms with E-state index < -0.39 is 18.3 Å². The van der Waals surface area contributed by atoms with Crippen LogP contribution < -0.4 is 0 Å². The lowest BCUT2D eigenvalue weighted by Gasteiger charge is -2.19. The third-order valence-corrected chi connectivity index (χ3v) is 11.9. The average molecular weight is 793 g/mol. The van der Waals surface area contributed by atoms with Gasteiger partial charge in [-0.05, 0) is 37.5 Å². The van der Waals surface area contributed by atoms with Crippen molar-refractivity contribution in [1.82, 2.24) is 0 Å². The number of Topliss-reactive ketones (excluding diaryl/α,β-unsaturated/α-hetero) is 1. The molecule has 0 heterocycles. The van der Waals surface area contributed by atoms with Crippen LogP contribution in [0.5, 0.6) is 0 Å². The van der Waals surface area contributed by atoms with E-state index in [1.807, 2.05) is 0 Å². The molecule has 1 aliphatic carbocycles. The predicted octanol–water partition coefficient (Wildman–Crippen LogP) is 11.7. The number of ketones is 1. The highest BCUT2D eigenvalue weighted by atomic mass is 16.6. The maximum atomic E-state index is 12.4. The molecule has 1 aliphatic rings. The number of ether oxygens (including phenoxy) is 2. The predicted molar refractivity (Wildman–Crippen MR) is 229 cm³/mol. The van der Waals surface area contributed by atoms with Crippen LogP contribution >= 0.6 is 0 Å².